The van der Waals surface area contributed by atoms with Gasteiger partial charge in [0.1, 0.15) is 5.54 Å². The highest BCUT2D eigenvalue weighted by atomic mass is 35.5. The molecular formula is C12H16ClNO4. The minimum Gasteiger partial charge on any atom is -0.467 e. The van der Waals surface area contributed by atoms with Gasteiger partial charge >= 0.3 is 5.97 Å². The maximum atomic E-state index is 11.9. The Hall–Kier alpha value is -1.49. The van der Waals surface area contributed by atoms with Crippen molar-refractivity contribution in [3.8, 4) is 0 Å². The molecule has 6 heteroatoms. The summed E-state index contributed by atoms with van der Waals surface area (Å²) < 4.78 is 9.68. The molecule has 0 bridgehead atoms. The van der Waals surface area contributed by atoms with Gasteiger partial charge in [0.05, 0.1) is 7.11 Å². The summed E-state index contributed by atoms with van der Waals surface area (Å²) in [5.74, 6) is -0.926. The number of carbonyl (C=O) groups is 2. The Morgan fingerprint density at radius 3 is 2.61 bits per heavy atom. The molecule has 1 N–H and O–H groups in total. The molecule has 18 heavy (non-hydrogen) atoms. The number of hydrogen-bond donors (Lipinski definition) is 1. The fourth-order valence-electron chi connectivity index (χ4n) is 1.69. The van der Waals surface area contributed by atoms with E-state index in [4.69, 9.17) is 20.8 Å². The summed E-state index contributed by atoms with van der Waals surface area (Å²) in [6.07, 6.45) is 1.20. The number of esters is 1. The van der Waals surface area contributed by atoms with Crippen molar-refractivity contribution in [3.63, 3.8) is 0 Å². The van der Waals surface area contributed by atoms with E-state index >= 15 is 0 Å². The van der Waals surface area contributed by atoms with Gasteiger partial charge < -0.3 is 14.5 Å². The maximum absolute atomic E-state index is 11.9. The van der Waals surface area contributed by atoms with Crippen molar-refractivity contribution in [2.45, 2.75) is 32.2 Å². The van der Waals surface area contributed by atoms with E-state index in [1.54, 1.807) is 6.92 Å². The molecule has 0 aliphatic carbocycles. The van der Waals surface area contributed by atoms with Gasteiger partial charge in [-0.05, 0) is 37.1 Å². The van der Waals surface area contributed by atoms with E-state index in [9.17, 15) is 9.59 Å². The summed E-state index contributed by atoms with van der Waals surface area (Å²) in [7, 11) is 1.28. The number of carbonyl (C=O) groups excluding carboxylic acids is 2. The number of ether oxygens (including phenoxy) is 1. The lowest BCUT2D eigenvalue weighted by Crippen LogP contribution is -2.52. The number of rotatable bonds is 5. The van der Waals surface area contributed by atoms with Crippen LogP contribution in [-0.2, 0) is 9.53 Å². The van der Waals surface area contributed by atoms with E-state index in [2.05, 4.69) is 5.32 Å². The van der Waals surface area contributed by atoms with Crippen LogP contribution < -0.4 is 5.32 Å². The zero-order valence-corrected chi connectivity index (χ0v) is 11.3. The minimum atomic E-state index is -1.07. The highest BCUT2D eigenvalue weighted by molar-refractivity contribution is 6.29. The molecule has 0 aliphatic rings. The van der Waals surface area contributed by atoms with Crippen LogP contribution in [0.3, 0.4) is 0 Å². The number of furan rings is 1. The summed E-state index contributed by atoms with van der Waals surface area (Å²) in [5.41, 5.74) is -1.07. The molecular weight excluding hydrogens is 258 g/mol. The van der Waals surface area contributed by atoms with Gasteiger partial charge in [-0.15, -0.1) is 0 Å². The Balaban J connectivity index is 2.84. The van der Waals surface area contributed by atoms with Crippen molar-refractivity contribution in [1.82, 2.24) is 5.32 Å². The van der Waals surface area contributed by atoms with Gasteiger partial charge in [0, 0.05) is 0 Å². The van der Waals surface area contributed by atoms with Crippen LogP contribution in [0.1, 0.15) is 37.2 Å². The molecule has 1 amide bonds. The van der Waals surface area contributed by atoms with E-state index in [0.29, 0.717) is 6.42 Å². The van der Waals surface area contributed by atoms with Crippen LogP contribution in [0, 0.1) is 0 Å². The third-order valence-corrected chi connectivity index (χ3v) is 2.78. The van der Waals surface area contributed by atoms with Gasteiger partial charge in [0.25, 0.3) is 5.91 Å². The standard InChI is InChI=1S/C12H16ClNO4/c1-4-7-12(2,11(16)17-3)14-10(15)8-5-6-9(13)18-8/h5-6H,4,7H2,1-3H3,(H,14,15)/t12-/m1/s1. The van der Waals surface area contributed by atoms with Crippen molar-refractivity contribution in [2.75, 3.05) is 7.11 Å². The van der Waals surface area contributed by atoms with E-state index in [0.717, 1.165) is 6.42 Å². The fraction of sp³-hybridized carbons (Fsp3) is 0.500. The molecule has 1 aromatic rings. The first-order valence-corrected chi connectivity index (χ1v) is 5.97. The first-order valence-electron chi connectivity index (χ1n) is 5.59. The molecule has 1 heterocycles. The smallest absolute Gasteiger partial charge is 0.331 e. The van der Waals surface area contributed by atoms with Crippen LogP contribution in [0.15, 0.2) is 16.5 Å². The zero-order chi connectivity index (χ0) is 13.8. The third kappa shape index (κ3) is 3.26. The van der Waals surface area contributed by atoms with Crippen molar-refractivity contribution in [1.29, 1.82) is 0 Å². The van der Waals surface area contributed by atoms with Gasteiger partial charge in [-0.3, -0.25) is 4.79 Å². The van der Waals surface area contributed by atoms with Crippen LogP contribution in [0.2, 0.25) is 5.22 Å². The SMILES string of the molecule is CCC[C@@](C)(NC(=O)c1ccc(Cl)o1)C(=O)OC. The van der Waals surface area contributed by atoms with Crippen LogP contribution in [0.25, 0.3) is 0 Å². The first kappa shape index (κ1) is 14.6. The molecule has 0 fully saturated rings. The van der Waals surface area contributed by atoms with Gasteiger partial charge in [-0.25, -0.2) is 4.79 Å². The molecule has 1 atom stereocenters. The lowest BCUT2D eigenvalue weighted by molar-refractivity contribution is -0.147. The van der Waals surface area contributed by atoms with Crippen LogP contribution >= 0.6 is 11.6 Å². The van der Waals surface area contributed by atoms with Crippen molar-refractivity contribution in [2.24, 2.45) is 0 Å². The molecule has 0 spiro atoms. The van der Waals surface area contributed by atoms with Crippen molar-refractivity contribution in [3.05, 3.63) is 23.1 Å². The van der Waals surface area contributed by atoms with Gasteiger partial charge in [-0.2, -0.15) is 0 Å². The average Bonchev–Trinajstić information content (AvgIpc) is 2.75. The topological polar surface area (TPSA) is 68.5 Å². The van der Waals surface area contributed by atoms with Crippen molar-refractivity contribution >= 4 is 23.5 Å². The number of hydrogen-bond acceptors (Lipinski definition) is 4. The Kier molecular flexibility index (Phi) is 4.78. The number of halogens is 1. The normalized spacial score (nSPS) is 13.8. The number of amides is 1. The van der Waals surface area contributed by atoms with Crippen LogP contribution in [0.5, 0.6) is 0 Å². The summed E-state index contributed by atoms with van der Waals surface area (Å²) in [4.78, 5) is 23.6. The number of methoxy groups -OCH3 is 1. The summed E-state index contributed by atoms with van der Waals surface area (Å²) in [6, 6.07) is 2.91. The predicted octanol–water partition coefficient (Wildman–Crippen LogP) is 2.39. The summed E-state index contributed by atoms with van der Waals surface area (Å²) in [5, 5.41) is 2.73. The summed E-state index contributed by atoms with van der Waals surface area (Å²) >= 11 is 5.59. The van der Waals surface area contributed by atoms with Crippen LogP contribution in [0.4, 0.5) is 0 Å². The molecule has 0 aliphatic heterocycles. The molecule has 0 saturated heterocycles. The van der Waals surface area contributed by atoms with Crippen LogP contribution in [-0.4, -0.2) is 24.5 Å². The average molecular weight is 274 g/mol. The monoisotopic (exact) mass is 273 g/mol. The molecule has 1 rings (SSSR count). The van der Waals surface area contributed by atoms with E-state index in [1.807, 2.05) is 6.92 Å². The Labute approximate surface area is 110 Å². The highest BCUT2D eigenvalue weighted by Gasteiger charge is 2.35. The molecule has 0 saturated carbocycles. The minimum absolute atomic E-state index is 0.0613. The van der Waals surface area contributed by atoms with E-state index in [-0.39, 0.29) is 11.0 Å². The molecule has 5 nitrogen and oxygen atoms in total. The Morgan fingerprint density at radius 1 is 1.50 bits per heavy atom. The molecule has 1 aromatic heterocycles. The lowest BCUT2D eigenvalue weighted by atomic mass is 9.96. The molecule has 0 aromatic carbocycles. The lowest BCUT2D eigenvalue weighted by Gasteiger charge is -2.26. The Morgan fingerprint density at radius 2 is 2.17 bits per heavy atom. The predicted molar refractivity (Wildman–Crippen MR) is 66.5 cm³/mol. The van der Waals surface area contributed by atoms with Gasteiger partial charge in [0.15, 0.2) is 11.0 Å². The summed E-state index contributed by atoms with van der Waals surface area (Å²) in [6.45, 7) is 3.53. The number of nitrogens with one attached hydrogen (secondary N) is 1. The van der Waals surface area contributed by atoms with Gasteiger partial charge in [-0.1, -0.05) is 13.3 Å². The largest absolute Gasteiger partial charge is 0.467 e. The second-order valence-corrected chi connectivity index (χ2v) is 4.50. The molecule has 100 valence electrons. The first-order chi connectivity index (χ1) is 8.42. The second kappa shape index (κ2) is 5.91. The zero-order valence-electron chi connectivity index (χ0n) is 10.6. The maximum Gasteiger partial charge on any atom is 0.331 e. The quantitative estimate of drug-likeness (QED) is 0.837. The second-order valence-electron chi connectivity index (χ2n) is 4.13. The van der Waals surface area contributed by atoms with E-state index in [1.165, 1.54) is 19.2 Å². The third-order valence-electron chi connectivity index (χ3n) is 2.57. The molecule has 0 unspecified atom stereocenters. The fourth-order valence-corrected chi connectivity index (χ4v) is 1.84. The Bertz CT molecular complexity index is 443. The van der Waals surface area contributed by atoms with Crippen molar-refractivity contribution < 1.29 is 18.7 Å². The highest BCUT2D eigenvalue weighted by Crippen LogP contribution is 2.18. The van der Waals surface area contributed by atoms with Gasteiger partial charge in [0.2, 0.25) is 0 Å². The molecule has 0 radical (unpaired) electrons. The van der Waals surface area contributed by atoms with E-state index < -0.39 is 17.4 Å².